The first-order valence-corrected chi connectivity index (χ1v) is 5.96. The van der Waals surface area contributed by atoms with Gasteiger partial charge in [-0.15, -0.1) is 0 Å². The maximum atomic E-state index is 7.90. The molecule has 0 aromatic heterocycles. The third kappa shape index (κ3) is 2.32. The molecule has 2 aliphatic rings. The predicted octanol–water partition coefficient (Wildman–Crippen LogP) is 0.209. The lowest BCUT2D eigenvalue weighted by atomic mass is 10.0. The summed E-state index contributed by atoms with van der Waals surface area (Å²) in [6.07, 6.45) is 0. The van der Waals surface area contributed by atoms with Crippen LogP contribution in [0, 0.1) is 11.3 Å². The third-order valence-corrected chi connectivity index (χ3v) is 3.42. The van der Waals surface area contributed by atoms with Crippen molar-refractivity contribution in [3.05, 3.63) is 0 Å². The van der Waals surface area contributed by atoms with E-state index in [1.54, 1.807) is 0 Å². The van der Waals surface area contributed by atoms with Crippen LogP contribution < -0.4 is 5.32 Å². The van der Waals surface area contributed by atoms with Crippen molar-refractivity contribution >= 4 is 5.84 Å². The number of amidine groups is 1. The lowest BCUT2D eigenvalue weighted by Gasteiger charge is -2.48. The van der Waals surface area contributed by atoms with E-state index >= 15 is 0 Å². The number of piperazine rings is 1. The van der Waals surface area contributed by atoms with Gasteiger partial charge >= 0.3 is 0 Å². The molecule has 0 radical (unpaired) electrons. The summed E-state index contributed by atoms with van der Waals surface area (Å²) in [5, 5.41) is 11.3. The molecule has 0 bridgehead atoms. The highest BCUT2D eigenvalue weighted by molar-refractivity contribution is 5.81. The van der Waals surface area contributed by atoms with E-state index < -0.39 is 0 Å². The number of hydrogen-bond donors (Lipinski definition) is 2. The normalized spacial score (nSPS) is 24.3. The van der Waals surface area contributed by atoms with Crippen LogP contribution in [0.2, 0.25) is 0 Å². The van der Waals surface area contributed by atoms with Crippen molar-refractivity contribution in [2.45, 2.75) is 19.9 Å². The molecule has 0 spiro atoms. The molecular weight excluding hydrogens is 188 g/mol. The van der Waals surface area contributed by atoms with Crippen LogP contribution in [0.15, 0.2) is 0 Å². The van der Waals surface area contributed by atoms with Crippen LogP contribution >= 0.6 is 0 Å². The van der Waals surface area contributed by atoms with E-state index in [9.17, 15) is 0 Å². The Kier molecular flexibility index (Phi) is 3.26. The molecule has 0 atom stereocenters. The highest BCUT2D eigenvalue weighted by Gasteiger charge is 2.33. The van der Waals surface area contributed by atoms with Gasteiger partial charge < -0.3 is 10.2 Å². The Morgan fingerprint density at radius 3 is 2.40 bits per heavy atom. The molecule has 4 nitrogen and oxygen atoms in total. The molecule has 0 aromatic carbocycles. The van der Waals surface area contributed by atoms with Crippen LogP contribution in [0.1, 0.15) is 13.8 Å². The van der Waals surface area contributed by atoms with Gasteiger partial charge in [-0.1, -0.05) is 13.8 Å². The third-order valence-electron chi connectivity index (χ3n) is 3.42. The lowest BCUT2D eigenvalue weighted by molar-refractivity contribution is 0.0670. The second-order valence-electron chi connectivity index (χ2n) is 4.88. The first-order chi connectivity index (χ1) is 7.18. The summed E-state index contributed by atoms with van der Waals surface area (Å²) in [6, 6.07) is 0.700. The molecule has 2 N–H and O–H groups in total. The van der Waals surface area contributed by atoms with Crippen LogP contribution in [0.3, 0.4) is 0 Å². The molecule has 15 heavy (non-hydrogen) atoms. The van der Waals surface area contributed by atoms with Gasteiger partial charge in [-0.05, 0) is 0 Å². The van der Waals surface area contributed by atoms with Crippen LogP contribution in [0.5, 0.6) is 0 Å². The molecule has 2 rings (SSSR count). The first-order valence-electron chi connectivity index (χ1n) is 5.96. The lowest BCUT2D eigenvalue weighted by Crippen LogP contribution is -2.64. The monoisotopic (exact) mass is 210 g/mol. The minimum atomic E-state index is 0.369. The van der Waals surface area contributed by atoms with Crippen molar-refractivity contribution in [1.82, 2.24) is 15.1 Å². The van der Waals surface area contributed by atoms with Crippen molar-refractivity contribution < 1.29 is 0 Å². The number of likely N-dealkylation sites (tertiary alicyclic amines) is 1. The molecule has 0 saturated carbocycles. The molecule has 4 heteroatoms. The number of nitrogens with one attached hydrogen (secondary N) is 2. The van der Waals surface area contributed by atoms with E-state index in [0.717, 1.165) is 32.0 Å². The standard InChI is InChI=1S/C11H22N4/c1-9(2)11(12)15-7-10(8-15)14-5-3-13-4-6-14/h9-10,12-13H,3-8H2,1-2H3. The Balaban J connectivity index is 1.75. The summed E-state index contributed by atoms with van der Waals surface area (Å²) in [5.74, 6) is 1.18. The maximum Gasteiger partial charge on any atom is 0.0984 e. The van der Waals surface area contributed by atoms with Gasteiger partial charge in [0.05, 0.1) is 5.84 Å². The molecule has 2 saturated heterocycles. The summed E-state index contributed by atoms with van der Waals surface area (Å²) in [6.45, 7) is 10.9. The summed E-state index contributed by atoms with van der Waals surface area (Å²) in [4.78, 5) is 4.76. The van der Waals surface area contributed by atoms with Gasteiger partial charge in [0, 0.05) is 51.2 Å². The average molecular weight is 210 g/mol. The zero-order valence-electron chi connectivity index (χ0n) is 9.79. The topological polar surface area (TPSA) is 42.4 Å². The Hall–Kier alpha value is -0.610. The fourth-order valence-corrected chi connectivity index (χ4v) is 2.30. The van der Waals surface area contributed by atoms with Crippen molar-refractivity contribution in [1.29, 1.82) is 5.41 Å². The molecule has 2 heterocycles. The average Bonchev–Trinajstić information content (AvgIpc) is 2.17. The molecule has 0 aliphatic carbocycles. The molecule has 2 aliphatic heterocycles. The van der Waals surface area contributed by atoms with Gasteiger partial charge in [0.1, 0.15) is 0 Å². The minimum absolute atomic E-state index is 0.369. The maximum absolute atomic E-state index is 7.90. The van der Waals surface area contributed by atoms with Gasteiger partial charge in [-0.25, -0.2) is 0 Å². The Bertz CT molecular complexity index is 227. The van der Waals surface area contributed by atoms with E-state index in [-0.39, 0.29) is 0 Å². The Morgan fingerprint density at radius 1 is 1.27 bits per heavy atom. The second-order valence-corrected chi connectivity index (χ2v) is 4.88. The first kappa shape index (κ1) is 10.9. The fourth-order valence-electron chi connectivity index (χ4n) is 2.30. The van der Waals surface area contributed by atoms with Gasteiger partial charge in [-0.3, -0.25) is 10.3 Å². The largest absolute Gasteiger partial charge is 0.357 e. The number of rotatable bonds is 2. The quantitative estimate of drug-likeness (QED) is 0.506. The fraction of sp³-hybridized carbons (Fsp3) is 0.909. The smallest absolute Gasteiger partial charge is 0.0984 e. The van der Waals surface area contributed by atoms with Gasteiger partial charge in [0.25, 0.3) is 0 Å². The molecular formula is C11H22N4. The molecule has 0 amide bonds. The SMILES string of the molecule is CC(C)C(=N)N1CC(N2CCNCC2)C1. The van der Waals surface area contributed by atoms with E-state index in [0.29, 0.717) is 12.0 Å². The minimum Gasteiger partial charge on any atom is -0.357 e. The molecule has 2 fully saturated rings. The van der Waals surface area contributed by atoms with Crippen LogP contribution in [-0.4, -0.2) is 60.9 Å². The van der Waals surface area contributed by atoms with E-state index in [1.165, 1.54) is 13.1 Å². The molecule has 0 unspecified atom stereocenters. The number of nitrogens with zero attached hydrogens (tertiary/aromatic N) is 2. The van der Waals surface area contributed by atoms with Crippen molar-refractivity contribution in [2.75, 3.05) is 39.3 Å². The van der Waals surface area contributed by atoms with Crippen molar-refractivity contribution in [3.63, 3.8) is 0 Å². The van der Waals surface area contributed by atoms with Crippen LogP contribution in [0.25, 0.3) is 0 Å². The summed E-state index contributed by atoms with van der Waals surface area (Å²) < 4.78 is 0. The Labute approximate surface area is 92.1 Å². The highest BCUT2D eigenvalue weighted by Crippen LogP contribution is 2.17. The molecule has 0 aromatic rings. The van der Waals surface area contributed by atoms with Crippen molar-refractivity contribution in [3.8, 4) is 0 Å². The van der Waals surface area contributed by atoms with E-state index in [4.69, 9.17) is 5.41 Å². The van der Waals surface area contributed by atoms with Gasteiger partial charge in [0.2, 0.25) is 0 Å². The summed E-state index contributed by atoms with van der Waals surface area (Å²) >= 11 is 0. The molecule has 86 valence electrons. The summed E-state index contributed by atoms with van der Waals surface area (Å²) in [5.41, 5.74) is 0. The second kappa shape index (κ2) is 4.49. The van der Waals surface area contributed by atoms with E-state index in [2.05, 4.69) is 29.0 Å². The van der Waals surface area contributed by atoms with Crippen molar-refractivity contribution in [2.24, 2.45) is 5.92 Å². The van der Waals surface area contributed by atoms with Crippen LogP contribution in [-0.2, 0) is 0 Å². The van der Waals surface area contributed by atoms with E-state index in [1.807, 2.05) is 0 Å². The number of hydrogen-bond acceptors (Lipinski definition) is 3. The zero-order valence-corrected chi connectivity index (χ0v) is 9.79. The zero-order chi connectivity index (χ0) is 10.8. The highest BCUT2D eigenvalue weighted by atomic mass is 15.3. The van der Waals surface area contributed by atoms with Crippen LogP contribution in [0.4, 0.5) is 0 Å². The predicted molar refractivity (Wildman–Crippen MR) is 62.4 cm³/mol. The van der Waals surface area contributed by atoms with Gasteiger partial charge in [-0.2, -0.15) is 0 Å². The Morgan fingerprint density at radius 2 is 1.87 bits per heavy atom. The van der Waals surface area contributed by atoms with Gasteiger partial charge in [0.15, 0.2) is 0 Å². The summed E-state index contributed by atoms with van der Waals surface area (Å²) in [7, 11) is 0.